The average molecular weight is 249 g/mol. The average Bonchev–Trinajstić information content (AvgIpc) is 2.40. The first kappa shape index (κ1) is 12.8. The number of hydrogen-bond donors (Lipinski definition) is 2. The molecular formula is C12H19N5O. The summed E-state index contributed by atoms with van der Waals surface area (Å²) in [6.07, 6.45) is 5.63. The zero-order valence-corrected chi connectivity index (χ0v) is 10.6. The number of rotatable bonds is 4. The van der Waals surface area contributed by atoms with Crippen LogP contribution in [0.1, 0.15) is 25.5 Å². The first-order valence-corrected chi connectivity index (χ1v) is 6.23. The number of piperidine rings is 1. The molecule has 0 unspecified atom stereocenters. The van der Waals surface area contributed by atoms with Gasteiger partial charge in [0.2, 0.25) is 0 Å². The van der Waals surface area contributed by atoms with Crippen molar-refractivity contribution in [2.75, 3.05) is 24.6 Å². The Morgan fingerprint density at radius 1 is 1.44 bits per heavy atom. The summed E-state index contributed by atoms with van der Waals surface area (Å²) in [7, 11) is 0. The molecule has 3 N–H and O–H groups in total. The Bertz CT molecular complexity index is 397. The number of anilines is 1. The maximum Gasteiger partial charge on any atom is 0.147 e. The molecule has 0 radical (unpaired) electrons. The van der Waals surface area contributed by atoms with E-state index in [0.717, 1.165) is 38.4 Å². The van der Waals surface area contributed by atoms with Crippen LogP contribution >= 0.6 is 0 Å². The molecule has 1 aliphatic rings. The minimum absolute atomic E-state index is 0.0518. The molecular weight excluding hydrogens is 230 g/mol. The van der Waals surface area contributed by atoms with Crippen LogP contribution < -0.4 is 10.6 Å². The van der Waals surface area contributed by atoms with Crippen LogP contribution in [0.3, 0.4) is 0 Å². The van der Waals surface area contributed by atoms with Crippen LogP contribution in [0.15, 0.2) is 12.4 Å². The van der Waals surface area contributed by atoms with Gasteiger partial charge in [-0.05, 0) is 19.8 Å². The third-order valence-corrected chi connectivity index (χ3v) is 3.08. The zero-order chi connectivity index (χ0) is 13.0. The van der Waals surface area contributed by atoms with Crippen LogP contribution in [0.2, 0.25) is 0 Å². The number of nitrogens with zero attached hydrogens (tertiary/aromatic N) is 3. The van der Waals surface area contributed by atoms with Crippen molar-refractivity contribution in [3.63, 3.8) is 0 Å². The SMILES string of the molecule is CCOC1CCN(c2cnc(C(=N)N)cn2)CC1. The number of nitrogens with two attached hydrogens (primary N) is 1. The summed E-state index contributed by atoms with van der Waals surface area (Å²) in [6, 6.07) is 0. The third kappa shape index (κ3) is 2.95. The lowest BCUT2D eigenvalue weighted by molar-refractivity contribution is 0.0458. The van der Waals surface area contributed by atoms with Crippen LogP contribution in [0.25, 0.3) is 0 Å². The van der Waals surface area contributed by atoms with Gasteiger partial charge in [-0.15, -0.1) is 0 Å². The molecule has 0 spiro atoms. The Hall–Kier alpha value is -1.69. The van der Waals surface area contributed by atoms with E-state index in [2.05, 4.69) is 14.9 Å². The molecule has 0 bridgehead atoms. The van der Waals surface area contributed by atoms with Crippen molar-refractivity contribution in [3.05, 3.63) is 18.1 Å². The van der Waals surface area contributed by atoms with Crippen molar-refractivity contribution in [2.45, 2.75) is 25.9 Å². The normalized spacial score (nSPS) is 16.8. The van der Waals surface area contributed by atoms with Crippen LogP contribution in [-0.4, -0.2) is 41.6 Å². The third-order valence-electron chi connectivity index (χ3n) is 3.08. The molecule has 2 heterocycles. The van der Waals surface area contributed by atoms with E-state index in [1.54, 1.807) is 12.4 Å². The standard InChI is InChI=1S/C12H19N5O/c1-2-18-9-3-5-17(6-4-9)11-8-15-10(7-16-11)12(13)14/h7-9H,2-6H2,1H3,(H3,13,14). The van der Waals surface area contributed by atoms with Crippen LogP contribution in [-0.2, 0) is 4.74 Å². The lowest BCUT2D eigenvalue weighted by Gasteiger charge is -2.32. The van der Waals surface area contributed by atoms with Gasteiger partial charge < -0.3 is 15.4 Å². The lowest BCUT2D eigenvalue weighted by Crippen LogP contribution is -2.37. The maximum atomic E-state index is 7.27. The minimum Gasteiger partial charge on any atom is -0.382 e. The van der Waals surface area contributed by atoms with Crippen molar-refractivity contribution in [2.24, 2.45) is 5.73 Å². The van der Waals surface area contributed by atoms with Gasteiger partial charge in [-0.1, -0.05) is 0 Å². The first-order chi connectivity index (χ1) is 8.70. The number of nitrogens with one attached hydrogen (secondary N) is 1. The predicted octanol–water partition coefficient (Wildman–Crippen LogP) is 0.766. The van der Waals surface area contributed by atoms with Crippen LogP contribution in [0.5, 0.6) is 0 Å². The van der Waals surface area contributed by atoms with Gasteiger partial charge in [0.05, 0.1) is 18.5 Å². The van der Waals surface area contributed by atoms with Gasteiger partial charge in [-0.3, -0.25) is 5.41 Å². The second-order valence-electron chi connectivity index (χ2n) is 4.32. The number of hydrogen-bond acceptors (Lipinski definition) is 5. The Labute approximate surface area is 107 Å². The molecule has 1 aromatic heterocycles. The van der Waals surface area contributed by atoms with Crippen molar-refractivity contribution in [1.82, 2.24) is 9.97 Å². The topological polar surface area (TPSA) is 88.1 Å². The monoisotopic (exact) mass is 249 g/mol. The Kier molecular flexibility index (Phi) is 4.09. The molecule has 0 aromatic carbocycles. The first-order valence-electron chi connectivity index (χ1n) is 6.23. The van der Waals surface area contributed by atoms with Gasteiger partial charge in [0.25, 0.3) is 0 Å². The molecule has 18 heavy (non-hydrogen) atoms. The van der Waals surface area contributed by atoms with Crippen LogP contribution in [0, 0.1) is 5.41 Å². The highest BCUT2D eigenvalue weighted by atomic mass is 16.5. The van der Waals surface area contributed by atoms with E-state index in [-0.39, 0.29) is 5.84 Å². The van der Waals surface area contributed by atoms with Crippen molar-refractivity contribution in [1.29, 1.82) is 5.41 Å². The zero-order valence-electron chi connectivity index (χ0n) is 10.6. The summed E-state index contributed by atoms with van der Waals surface area (Å²) in [5.41, 5.74) is 5.76. The van der Waals surface area contributed by atoms with E-state index >= 15 is 0 Å². The quantitative estimate of drug-likeness (QED) is 0.607. The van der Waals surface area contributed by atoms with Gasteiger partial charge in [0.1, 0.15) is 17.3 Å². The molecule has 2 rings (SSSR count). The summed E-state index contributed by atoms with van der Waals surface area (Å²) in [5.74, 6) is 0.791. The number of amidine groups is 1. The fourth-order valence-electron chi connectivity index (χ4n) is 2.11. The van der Waals surface area contributed by atoms with E-state index < -0.39 is 0 Å². The fraction of sp³-hybridized carbons (Fsp3) is 0.583. The second kappa shape index (κ2) is 5.77. The molecule has 1 aliphatic heterocycles. The van der Waals surface area contributed by atoms with Gasteiger partial charge in [-0.2, -0.15) is 0 Å². The second-order valence-corrected chi connectivity index (χ2v) is 4.32. The molecule has 98 valence electrons. The highest BCUT2D eigenvalue weighted by molar-refractivity contribution is 5.92. The Morgan fingerprint density at radius 2 is 2.17 bits per heavy atom. The number of ether oxygens (including phenoxy) is 1. The molecule has 6 heteroatoms. The van der Waals surface area contributed by atoms with Crippen molar-refractivity contribution >= 4 is 11.7 Å². The minimum atomic E-state index is -0.0518. The van der Waals surface area contributed by atoms with E-state index in [9.17, 15) is 0 Å². The molecule has 0 saturated carbocycles. The van der Waals surface area contributed by atoms with E-state index in [0.29, 0.717) is 11.8 Å². The number of nitrogen functional groups attached to an aromatic ring is 1. The number of aromatic nitrogens is 2. The van der Waals surface area contributed by atoms with Gasteiger partial charge >= 0.3 is 0 Å². The van der Waals surface area contributed by atoms with E-state index in [4.69, 9.17) is 15.9 Å². The summed E-state index contributed by atoms with van der Waals surface area (Å²) in [5, 5.41) is 7.27. The molecule has 0 amide bonds. The van der Waals surface area contributed by atoms with Gasteiger partial charge in [0.15, 0.2) is 0 Å². The molecule has 1 fully saturated rings. The highest BCUT2D eigenvalue weighted by Gasteiger charge is 2.20. The van der Waals surface area contributed by atoms with Crippen LogP contribution in [0.4, 0.5) is 5.82 Å². The van der Waals surface area contributed by atoms with Crippen molar-refractivity contribution in [3.8, 4) is 0 Å². The van der Waals surface area contributed by atoms with Gasteiger partial charge in [0, 0.05) is 19.7 Å². The molecule has 1 saturated heterocycles. The largest absolute Gasteiger partial charge is 0.382 e. The Morgan fingerprint density at radius 3 is 2.67 bits per heavy atom. The highest BCUT2D eigenvalue weighted by Crippen LogP contribution is 2.18. The smallest absolute Gasteiger partial charge is 0.147 e. The molecule has 0 aliphatic carbocycles. The molecule has 0 atom stereocenters. The summed E-state index contributed by atoms with van der Waals surface area (Å²) < 4.78 is 5.61. The lowest BCUT2D eigenvalue weighted by atomic mass is 10.1. The van der Waals surface area contributed by atoms with Crippen molar-refractivity contribution < 1.29 is 4.74 Å². The molecule has 1 aromatic rings. The van der Waals surface area contributed by atoms with Gasteiger partial charge in [-0.25, -0.2) is 9.97 Å². The maximum absolute atomic E-state index is 7.27. The molecule has 6 nitrogen and oxygen atoms in total. The van der Waals surface area contributed by atoms with E-state index in [1.165, 1.54) is 0 Å². The summed E-state index contributed by atoms with van der Waals surface area (Å²) in [6.45, 7) is 4.66. The van der Waals surface area contributed by atoms with E-state index in [1.807, 2.05) is 6.92 Å². The fourth-order valence-corrected chi connectivity index (χ4v) is 2.11. The summed E-state index contributed by atoms with van der Waals surface area (Å²) >= 11 is 0. The summed E-state index contributed by atoms with van der Waals surface area (Å²) in [4.78, 5) is 10.6. The Balaban J connectivity index is 1.95. The predicted molar refractivity (Wildman–Crippen MR) is 69.9 cm³/mol.